The van der Waals surface area contributed by atoms with E-state index in [2.05, 4.69) is 0 Å². The average molecular weight is 253 g/mol. The molecule has 1 aromatic carbocycles. The van der Waals surface area contributed by atoms with Crippen LogP contribution in [0.3, 0.4) is 0 Å². The molecule has 1 aromatic rings. The van der Waals surface area contributed by atoms with Crippen LogP contribution in [0.2, 0.25) is 0 Å². The highest BCUT2D eigenvalue weighted by molar-refractivity contribution is 5.91. The Bertz CT molecular complexity index is 458. The molecule has 18 heavy (non-hydrogen) atoms. The van der Waals surface area contributed by atoms with Crippen LogP contribution in [0.1, 0.15) is 23.7 Å². The van der Waals surface area contributed by atoms with Crippen LogP contribution < -0.4 is 15.2 Å². The Morgan fingerprint density at radius 1 is 1.44 bits per heavy atom. The molecule has 6 nitrogen and oxygen atoms in total. The third-order valence-corrected chi connectivity index (χ3v) is 2.37. The van der Waals surface area contributed by atoms with E-state index in [9.17, 15) is 9.59 Å². The SMILES string of the molecule is CCC(Oc1ccc(OC)cc1C(=O)O)C(N)=O. The lowest BCUT2D eigenvalue weighted by atomic mass is 10.2. The fraction of sp³-hybridized carbons (Fsp3) is 0.333. The van der Waals surface area contributed by atoms with Crippen molar-refractivity contribution >= 4 is 11.9 Å². The van der Waals surface area contributed by atoms with Crippen molar-refractivity contribution in [3.8, 4) is 11.5 Å². The number of carbonyl (C=O) groups is 2. The number of hydrogen-bond donors (Lipinski definition) is 2. The van der Waals surface area contributed by atoms with Gasteiger partial charge in [0, 0.05) is 0 Å². The van der Waals surface area contributed by atoms with Crippen LogP contribution in [0.4, 0.5) is 0 Å². The molecular weight excluding hydrogens is 238 g/mol. The monoisotopic (exact) mass is 253 g/mol. The van der Waals surface area contributed by atoms with Gasteiger partial charge in [0.2, 0.25) is 0 Å². The van der Waals surface area contributed by atoms with Crippen LogP contribution in [0.5, 0.6) is 11.5 Å². The maximum Gasteiger partial charge on any atom is 0.339 e. The van der Waals surface area contributed by atoms with Crippen LogP contribution in [-0.2, 0) is 4.79 Å². The summed E-state index contributed by atoms with van der Waals surface area (Å²) in [6, 6.07) is 4.31. The molecule has 6 heteroatoms. The first-order chi connectivity index (χ1) is 8.49. The molecule has 0 aromatic heterocycles. The number of rotatable bonds is 6. The summed E-state index contributed by atoms with van der Waals surface area (Å²) >= 11 is 0. The Morgan fingerprint density at radius 3 is 2.56 bits per heavy atom. The lowest BCUT2D eigenvalue weighted by molar-refractivity contribution is -0.124. The molecule has 0 aliphatic carbocycles. The highest BCUT2D eigenvalue weighted by Gasteiger charge is 2.19. The molecule has 0 saturated carbocycles. The van der Waals surface area contributed by atoms with Gasteiger partial charge in [-0.15, -0.1) is 0 Å². The molecule has 0 saturated heterocycles. The van der Waals surface area contributed by atoms with Gasteiger partial charge in [-0.1, -0.05) is 6.92 Å². The third-order valence-electron chi connectivity index (χ3n) is 2.37. The fourth-order valence-electron chi connectivity index (χ4n) is 1.40. The molecule has 0 aliphatic heterocycles. The average Bonchev–Trinajstić information content (AvgIpc) is 2.35. The number of aromatic carboxylic acids is 1. The number of ether oxygens (including phenoxy) is 2. The lowest BCUT2D eigenvalue weighted by Crippen LogP contribution is -2.33. The number of hydrogen-bond acceptors (Lipinski definition) is 4. The molecule has 1 atom stereocenters. The van der Waals surface area contributed by atoms with Gasteiger partial charge in [-0.3, -0.25) is 4.79 Å². The number of carboxylic acid groups (broad SMARTS) is 1. The van der Waals surface area contributed by atoms with Crippen molar-refractivity contribution in [2.75, 3.05) is 7.11 Å². The summed E-state index contributed by atoms with van der Waals surface area (Å²) in [7, 11) is 1.43. The van der Waals surface area contributed by atoms with Gasteiger partial charge in [0.05, 0.1) is 7.11 Å². The van der Waals surface area contributed by atoms with Crippen LogP contribution in [0.15, 0.2) is 18.2 Å². The van der Waals surface area contributed by atoms with Crippen molar-refractivity contribution in [1.82, 2.24) is 0 Å². The van der Waals surface area contributed by atoms with E-state index in [0.29, 0.717) is 12.2 Å². The Labute approximate surface area is 104 Å². The maximum atomic E-state index is 11.1. The molecule has 0 spiro atoms. The molecule has 0 aliphatic rings. The number of benzene rings is 1. The zero-order valence-electron chi connectivity index (χ0n) is 10.2. The number of carboxylic acids is 1. The Hall–Kier alpha value is -2.24. The third kappa shape index (κ3) is 3.13. The minimum atomic E-state index is -1.16. The topological polar surface area (TPSA) is 98.8 Å². The van der Waals surface area contributed by atoms with E-state index in [1.165, 1.54) is 19.2 Å². The second-order valence-electron chi connectivity index (χ2n) is 3.58. The van der Waals surface area contributed by atoms with Gasteiger partial charge < -0.3 is 20.3 Å². The largest absolute Gasteiger partial charge is 0.497 e. The van der Waals surface area contributed by atoms with E-state index in [1.54, 1.807) is 13.0 Å². The van der Waals surface area contributed by atoms with Gasteiger partial charge in [0.25, 0.3) is 5.91 Å². The standard InChI is InChI=1S/C12H15NO5/c1-3-9(11(13)14)18-10-5-4-7(17-2)6-8(10)12(15)16/h4-6,9H,3H2,1-2H3,(H2,13,14)(H,15,16). The number of methoxy groups -OCH3 is 1. The molecule has 0 radical (unpaired) electrons. The summed E-state index contributed by atoms with van der Waals surface area (Å²) in [6.45, 7) is 1.72. The van der Waals surface area contributed by atoms with E-state index < -0.39 is 18.0 Å². The molecule has 1 unspecified atom stereocenters. The highest BCUT2D eigenvalue weighted by atomic mass is 16.5. The first-order valence-electron chi connectivity index (χ1n) is 5.36. The van der Waals surface area contributed by atoms with Crippen molar-refractivity contribution in [1.29, 1.82) is 0 Å². The second-order valence-corrected chi connectivity index (χ2v) is 3.58. The van der Waals surface area contributed by atoms with Crippen molar-refractivity contribution in [3.63, 3.8) is 0 Å². The van der Waals surface area contributed by atoms with Crippen molar-refractivity contribution < 1.29 is 24.2 Å². The predicted molar refractivity (Wildman–Crippen MR) is 63.9 cm³/mol. The molecular formula is C12H15NO5. The fourth-order valence-corrected chi connectivity index (χ4v) is 1.40. The van der Waals surface area contributed by atoms with E-state index in [-0.39, 0.29) is 11.3 Å². The van der Waals surface area contributed by atoms with Gasteiger partial charge in [0.15, 0.2) is 6.10 Å². The number of carbonyl (C=O) groups excluding carboxylic acids is 1. The van der Waals surface area contributed by atoms with Crippen molar-refractivity contribution in [2.45, 2.75) is 19.4 Å². The number of primary amides is 1. The molecule has 1 amide bonds. The zero-order valence-corrected chi connectivity index (χ0v) is 10.2. The minimum Gasteiger partial charge on any atom is -0.497 e. The van der Waals surface area contributed by atoms with Crippen LogP contribution in [-0.4, -0.2) is 30.2 Å². The number of nitrogens with two attached hydrogens (primary N) is 1. The van der Waals surface area contributed by atoms with Crippen LogP contribution in [0, 0.1) is 0 Å². The van der Waals surface area contributed by atoms with Crippen molar-refractivity contribution in [2.24, 2.45) is 5.73 Å². The summed E-state index contributed by atoms with van der Waals surface area (Å²) in [5, 5.41) is 9.06. The molecule has 3 N–H and O–H groups in total. The first-order valence-corrected chi connectivity index (χ1v) is 5.36. The van der Waals surface area contributed by atoms with E-state index in [0.717, 1.165) is 0 Å². The maximum absolute atomic E-state index is 11.1. The van der Waals surface area contributed by atoms with Crippen LogP contribution >= 0.6 is 0 Å². The van der Waals surface area contributed by atoms with Gasteiger partial charge in [-0.05, 0) is 24.6 Å². The quantitative estimate of drug-likeness (QED) is 0.789. The molecule has 0 heterocycles. The molecule has 1 rings (SSSR count). The smallest absolute Gasteiger partial charge is 0.339 e. The summed E-state index contributed by atoms with van der Waals surface area (Å²) in [4.78, 5) is 22.1. The Balaban J connectivity index is 3.08. The highest BCUT2D eigenvalue weighted by Crippen LogP contribution is 2.25. The summed E-state index contributed by atoms with van der Waals surface area (Å²) in [6.07, 6.45) is -0.489. The summed E-state index contributed by atoms with van der Waals surface area (Å²) in [5.41, 5.74) is 5.07. The predicted octanol–water partition coefficient (Wildman–Crippen LogP) is 1.04. The van der Waals surface area contributed by atoms with E-state index in [4.69, 9.17) is 20.3 Å². The second kappa shape index (κ2) is 5.90. The van der Waals surface area contributed by atoms with Gasteiger partial charge in [-0.25, -0.2) is 4.79 Å². The van der Waals surface area contributed by atoms with Crippen molar-refractivity contribution in [3.05, 3.63) is 23.8 Å². The van der Waals surface area contributed by atoms with Gasteiger partial charge >= 0.3 is 5.97 Å². The Kier molecular flexibility index (Phi) is 4.53. The minimum absolute atomic E-state index is 0.0750. The summed E-state index contributed by atoms with van der Waals surface area (Å²) in [5.74, 6) is -1.31. The normalized spacial score (nSPS) is 11.7. The van der Waals surface area contributed by atoms with Gasteiger partial charge in [-0.2, -0.15) is 0 Å². The number of amides is 1. The molecule has 0 bridgehead atoms. The Morgan fingerprint density at radius 2 is 2.11 bits per heavy atom. The summed E-state index contributed by atoms with van der Waals surface area (Å²) < 4.78 is 10.2. The van der Waals surface area contributed by atoms with Crippen LogP contribution in [0.25, 0.3) is 0 Å². The lowest BCUT2D eigenvalue weighted by Gasteiger charge is -2.16. The zero-order chi connectivity index (χ0) is 13.7. The molecule has 0 fully saturated rings. The van der Waals surface area contributed by atoms with Gasteiger partial charge in [0.1, 0.15) is 17.1 Å². The first kappa shape index (κ1) is 13.8. The van der Waals surface area contributed by atoms with E-state index in [1.807, 2.05) is 0 Å². The molecule has 98 valence electrons. The van der Waals surface area contributed by atoms with E-state index >= 15 is 0 Å².